The molecule has 0 saturated carbocycles. The maximum absolute atomic E-state index is 11.5. The summed E-state index contributed by atoms with van der Waals surface area (Å²) in [5.74, 6) is -0.157. The van der Waals surface area contributed by atoms with Crippen LogP contribution in [0.3, 0.4) is 0 Å². The number of aryl methyl sites for hydroxylation is 1. The van der Waals surface area contributed by atoms with Gasteiger partial charge in [-0.15, -0.1) is 6.58 Å². The second-order valence-electron chi connectivity index (χ2n) is 3.60. The molecule has 6 heteroatoms. The lowest BCUT2D eigenvalue weighted by molar-refractivity contribution is -0.120. The van der Waals surface area contributed by atoms with Gasteiger partial charge in [-0.25, -0.2) is 4.79 Å². The van der Waals surface area contributed by atoms with E-state index in [1.165, 1.54) is 0 Å². The highest BCUT2D eigenvalue weighted by Gasteiger charge is 2.08. The van der Waals surface area contributed by atoms with Gasteiger partial charge in [-0.3, -0.25) is 14.6 Å². The third-order valence-corrected chi connectivity index (χ3v) is 2.30. The molecule has 1 amide bonds. The Morgan fingerprint density at radius 2 is 2.12 bits per heavy atom. The molecule has 0 spiro atoms. The molecular weight excluding hydrogens is 222 g/mol. The smallest absolute Gasteiger partial charge is 0.325 e. The van der Waals surface area contributed by atoms with Gasteiger partial charge in [0.25, 0.3) is 5.56 Å². The van der Waals surface area contributed by atoms with Crippen LogP contribution in [0.1, 0.15) is 17.7 Å². The van der Waals surface area contributed by atoms with Crippen molar-refractivity contribution < 1.29 is 4.79 Å². The van der Waals surface area contributed by atoms with Crippen LogP contribution in [0.5, 0.6) is 0 Å². The molecule has 0 aliphatic rings. The van der Waals surface area contributed by atoms with Crippen molar-refractivity contribution in [3.8, 4) is 0 Å². The Hall–Kier alpha value is -2.11. The van der Waals surface area contributed by atoms with E-state index in [9.17, 15) is 14.4 Å². The molecule has 3 N–H and O–H groups in total. The second kappa shape index (κ2) is 5.83. The molecule has 6 nitrogen and oxygen atoms in total. The van der Waals surface area contributed by atoms with Crippen molar-refractivity contribution in [2.75, 3.05) is 6.54 Å². The topological polar surface area (TPSA) is 94.8 Å². The van der Waals surface area contributed by atoms with Crippen LogP contribution in [0.2, 0.25) is 0 Å². The number of H-pyrrole nitrogens is 2. The van der Waals surface area contributed by atoms with E-state index in [0.717, 1.165) is 0 Å². The first kappa shape index (κ1) is 13.0. The first-order valence-electron chi connectivity index (χ1n) is 5.24. The Labute approximate surface area is 97.8 Å². The molecule has 1 aromatic heterocycles. The van der Waals surface area contributed by atoms with Gasteiger partial charge in [-0.05, 0) is 13.3 Å². The number of amides is 1. The molecule has 1 heterocycles. The van der Waals surface area contributed by atoms with Gasteiger partial charge in [0, 0.05) is 24.2 Å². The fourth-order valence-electron chi connectivity index (χ4n) is 1.44. The van der Waals surface area contributed by atoms with E-state index >= 15 is 0 Å². The van der Waals surface area contributed by atoms with E-state index in [1.54, 1.807) is 13.0 Å². The average molecular weight is 237 g/mol. The van der Waals surface area contributed by atoms with Crippen LogP contribution in [-0.2, 0) is 11.2 Å². The number of hydrogen-bond donors (Lipinski definition) is 3. The van der Waals surface area contributed by atoms with Crippen molar-refractivity contribution in [2.24, 2.45) is 0 Å². The van der Waals surface area contributed by atoms with Gasteiger partial charge < -0.3 is 10.3 Å². The monoisotopic (exact) mass is 237 g/mol. The van der Waals surface area contributed by atoms with Crippen LogP contribution in [0.4, 0.5) is 0 Å². The number of hydrogen-bond acceptors (Lipinski definition) is 3. The summed E-state index contributed by atoms with van der Waals surface area (Å²) >= 11 is 0. The van der Waals surface area contributed by atoms with E-state index in [1.807, 2.05) is 0 Å². The first-order chi connectivity index (χ1) is 8.04. The van der Waals surface area contributed by atoms with Crippen molar-refractivity contribution in [3.63, 3.8) is 0 Å². The highest BCUT2D eigenvalue weighted by Crippen LogP contribution is 1.99. The Morgan fingerprint density at radius 1 is 1.41 bits per heavy atom. The molecule has 0 aliphatic carbocycles. The number of nitrogens with one attached hydrogen (secondary N) is 3. The van der Waals surface area contributed by atoms with Gasteiger partial charge in [0.15, 0.2) is 0 Å². The van der Waals surface area contributed by atoms with Crippen molar-refractivity contribution in [3.05, 3.63) is 44.8 Å². The fraction of sp³-hybridized carbons (Fsp3) is 0.364. The molecule has 0 unspecified atom stereocenters. The summed E-state index contributed by atoms with van der Waals surface area (Å²) < 4.78 is 0. The van der Waals surface area contributed by atoms with Gasteiger partial charge >= 0.3 is 5.69 Å². The second-order valence-corrected chi connectivity index (χ2v) is 3.60. The minimum absolute atomic E-state index is 0.157. The number of rotatable bonds is 5. The van der Waals surface area contributed by atoms with Crippen LogP contribution < -0.4 is 16.6 Å². The number of aromatic amines is 2. The molecule has 1 aromatic rings. The Kier molecular flexibility index (Phi) is 4.45. The Morgan fingerprint density at radius 3 is 2.71 bits per heavy atom. The molecule has 0 aromatic carbocycles. The molecule has 0 bridgehead atoms. The zero-order valence-corrected chi connectivity index (χ0v) is 9.63. The number of carbonyl (C=O) groups excluding carboxylic acids is 1. The molecule has 0 fully saturated rings. The van der Waals surface area contributed by atoms with E-state index in [0.29, 0.717) is 24.2 Å². The normalized spacial score (nSPS) is 9.94. The van der Waals surface area contributed by atoms with Crippen molar-refractivity contribution in [2.45, 2.75) is 19.8 Å². The third-order valence-electron chi connectivity index (χ3n) is 2.30. The minimum Gasteiger partial charge on any atom is -0.353 e. The predicted molar refractivity (Wildman–Crippen MR) is 63.9 cm³/mol. The quantitative estimate of drug-likeness (QED) is 0.608. The van der Waals surface area contributed by atoms with Gasteiger partial charge in [-0.2, -0.15) is 0 Å². The Balaban J connectivity index is 2.70. The third kappa shape index (κ3) is 3.75. The van der Waals surface area contributed by atoms with Gasteiger partial charge in [0.2, 0.25) is 5.91 Å². The van der Waals surface area contributed by atoms with E-state index in [-0.39, 0.29) is 12.3 Å². The Bertz CT molecular complexity index is 527. The zero-order chi connectivity index (χ0) is 12.8. The van der Waals surface area contributed by atoms with Crippen LogP contribution in [0, 0.1) is 6.92 Å². The molecule has 1 rings (SSSR count). The maximum atomic E-state index is 11.5. The molecule has 17 heavy (non-hydrogen) atoms. The SMILES string of the molecule is C=CCNC(=O)CCc1c(C)[nH]c(=O)[nH]c1=O. The molecule has 0 atom stereocenters. The van der Waals surface area contributed by atoms with E-state index < -0.39 is 11.2 Å². The van der Waals surface area contributed by atoms with Crippen molar-refractivity contribution in [1.29, 1.82) is 0 Å². The summed E-state index contributed by atoms with van der Waals surface area (Å²) in [6, 6.07) is 0. The van der Waals surface area contributed by atoms with Gasteiger partial charge in [-0.1, -0.05) is 6.08 Å². The molecule has 0 saturated heterocycles. The van der Waals surface area contributed by atoms with E-state index in [2.05, 4.69) is 21.9 Å². The summed E-state index contributed by atoms with van der Waals surface area (Å²) in [5, 5.41) is 2.61. The van der Waals surface area contributed by atoms with Crippen LogP contribution in [-0.4, -0.2) is 22.4 Å². The van der Waals surface area contributed by atoms with Crippen LogP contribution in [0.25, 0.3) is 0 Å². The largest absolute Gasteiger partial charge is 0.353 e. The van der Waals surface area contributed by atoms with Crippen molar-refractivity contribution in [1.82, 2.24) is 15.3 Å². The zero-order valence-electron chi connectivity index (χ0n) is 9.63. The molecular formula is C11H15N3O3. The van der Waals surface area contributed by atoms with Gasteiger partial charge in [0.05, 0.1) is 0 Å². The summed E-state index contributed by atoms with van der Waals surface area (Å²) in [4.78, 5) is 38.3. The van der Waals surface area contributed by atoms with Gasteiger partial charge in [0.1, 0.15) is 0 Å². The van der Waals surface area contributed by atoms with Crippen LogP contribution in [0.15, 0.2) is 22.2 Å². The minimum atomic E-state index is -0.535. The predicted octanol–water partition coefficient (Wildman–Crippen LogP) is -0.394. The molecule has 92 valence electrons. The lowest BCUT2D eigenvalue weighted by Crippen LogP contribution is -2.29. The summed E-state index contributed by atoms with van der Waals surface area (Å²) in [7, 11) is 0. The van der Waals surface area contributed by atoms with E-state index in [4.69, 9.17) is 0 Å². The lowest BCUT2D eigenvalue weighted by Gasteiger charge is -2.04. The lowest BCUT2D eigenvalue weighted by atomic mass is 10.1. The fourth-order valence-corrected chi connectivity index (χ4v) is 1.44. The van der Waals surface area contributed by atoms with Crippen LogP contribution >= 0.6 is 0 Å². The molecule has 0 aliphatic heterocycles. The summed E-state index contributed by atoms with van der Waals surface area (Å²) in [5.41, 5.74) is -0.0521. The summed E-state index contributed by atoms with van der Waals surface area (Å²) in [6.45, 7) is 5.51. The highest BCUT2D eigenvalue weighted by molar-refractivity contribution is 5.76. The maximum Gasteiger partial charge on any atom is 0.325 e. The average Bonchev–Trinajstić information content (AvgIpc) is 2.24. The summed E-state index contributed by atoms with van der Waals surface area (Å²) in [6.07, 6.45) is 2.07. The molecule has 0 radical (unpaired) electrons. The standard InChI is InChI=1S/C11H15N3O3/c1-3-6-12-9(15)5-4-8-7(2)13-11(17)14-10(8)16/h3H,1,4-6H2,2H3,(H,12,15)(H2,13,14,16,17). The number of carbonyl (C=O) groups is 1. The highest BCUT2D eigenvalue weighted by atomic mass is 16.2. The van der Waals surface area contributed by atoms with Crippen molar-refractivity contribution >= 4 is 5.91 Å². The first-order valence-corrected chi connectivity index (χ1v) is 5.24. The number of aromatic nitrogens is 2.